The number of amides is 3. The monoisotopic (exact) mass is 418 g/mol. The van der Waals surface area contributed by atoms with Crippen LogP contribution in [0, 0.1) is 23.7 Å². The first-order chi connectivity index (χ1) is 15.0. The van der Waals surface area contributed by atoms with Crippen molar-refractivity contribution in [2.45, 2.75) is 6.42 Å². The van der Waals surface area contributed by atoms with E-state index in [2.05, 4.69) is 17.5 Å². The first kappa shape index (κ1) is 19.4. The van der Waals surface area contributed by atoms with Gasteiger partial charge in [0.25, 0.3) is 5.91 Å². The number of nitrogens with one attached hydrogen (secondary N) is 1. The second-order valence-electron chi connectivity index (χ2n) is 8.08. The van der Waals surface area contributed by atoms with Gasteiger partial charge in [0, 0.05) is 11.6 Å². The molecule has 2 aromatic carbocycles. The zero-order valence-corrected chi connectivity index (χ0v) is 17.2. The third kappa shape index (κ3) is 3.00. The first-order valence-electron chi connectivity index (χ1n) is 10.2. The summed E-state index contributed by atoms with van der Waals surface area (Å²) in [4.78, 5) is 40.3. The topological polar surface area (TPSA) is 84.9 Å². The van der Waals surface area contributed by atoms with Crippen molar-refractivity contribution in [1.29, 1.82) is 0 Å². The van der Waals surface area contributed by atoms with Crippen molar-refractivity contribution in [3.63, 3.8) is 0 Å². The van der Waals surface area contributed by atoms with Crippen LogP contribution in [0.3, 0.4) is 0 Å². The lowest BCUT2D eigenvalue weighted by molar-refractivity contribution is -0.123. The summed E-state index contributed by atoms with van der Waals surface area (Å²) in [5, 5.41) is 2.81. The van der Waals surface area contributed by atoms with Crippen molar-refractivity contribution in [3.05, 3.63) is 60.2 Å². The number of ether oxygens (including phenoxy) is 2. The zero-order valence-electron chi connectivity index (χ0n) is 17.2. The van der Waals surface area contributed by atoms with Crippen LogP contribution in [0.4, 0.5) is 11.4 Å². The van der Waals surface area contributed by atoms with Crippen LogP contribution < -0.4 is 19.7 Å². The Hall–Kier alpha value is -3.61. The highest BCUT2D eigenvalue weighted by molar-refractivity contribution is 6.23. The Morgan fingerprint density at radius 1 is 0.968 bits per heavy atom. The summed E-state index contributed by atoms with van der Waals surface area (Å²) >= 11 is 0. The molecule has 2 fully saturated rings. The summed E-state index contributed by atoms with van der Waals surface area (Å²) in [6.07, 6.45) is 5.00. The standard InChI is InChI=1S/C24H22N2O5/c1-30-17-8-9-19(31-2)18(12-17)25-22(27)15-4-3-5-16(11-15)26-23(28)20-13-6-7-14(10-13)21(20)24(26)29/h3-9,11-14,20-21H,10H2,1-2H3,(H,25,27)/t13-,14-,20+,21+/m0/s1. The molecule has 31 heavy (non-hydrogen) atoms. The number of imide groups is 1. The molecular formula is C24H22N2O5. The van der Waals surface area contributed by atoms with Gasteiger partial charge in [0.15, 0.2) is 0 Å². The molecule has 0 radical (unpaired) electrons. The maximum absolute atomic E-state index is 13.1. The van der Waals surface area contributed by atoms with Gasteiger partial charge in [0.2, 0.25) is 11.8 Å². The van der Waals surface area contributed by atoms with Crippen molar-refractivity contribution >= 4 is 29.1 Å². The van der Waals surface area contributed by atoms with E-state index in [1.54, 1.807) is 42.5 Å². The second kappa shape index (κ2) is 7.27. The van der Waals surface area contributed by atoms with Gasteiger partial charge < -0.3 is 14.8 Å². The molecule has 4 atom stereocenters. The van der Waals surface area contributed by atoms with E-state index in [4.69, 9.17) is 9.47 Å². The van der Waals surface area contributed by atoms with Crippen molar-refractivity contribution in [2.24, 2.45) is 23.7 Å². The lowest BCUT2D eigenvalue weighted by Crippen LogP contribution is -2.33. The molecule has 1 saturated heterocycles. The van der Waals surface area contributed by atoms with E-state index < -0.39 is 0 Å². The van der Waals surface area contributed by atoms with E-state index in [0.29, 0.717) is 28.4 Å². The van der Waals surface area contributed by atoms with Gasteiger partial charge >= 0.3 is 0 Å². The minimum atomic E-state index is -0.380. The molecule has 2 aromatic rings. The second-order valence-corrected chi connectivity index (χ2v) is 8.08. The normalized spacial score (nSPS) is 25.7. The summed E-state index contributed by atoms with van der Waals surface area (Å²) in [6, 6.07) is 11.7. The predicted octanol–water partition coefficient (Wildman–Crippen LogP) is 3.27. The number of allylic oxidation sites excluding steroid dienone is 2. The van der Waals surface area contributed by atoms with E-state index in [9.17, 15) is 14.4 Å². The molecule has 3 amide bonds. The van der Waals surface area contributed by atoms with Crippen molar-refractivity contribution in [2.75, 3.05) is 24.4 Å². The number of nitrogens with zero attached hydrogens (tertiary/aromatic N) is 1. The predicted molar refractivity (Wildman–Crippen MR) is 114 cm³/mol. The third-order valence-electron chi connectivity index (χ3n) is 6.49. The van der Waals surface area contributed by atoms with E-state index in [-0.39, 0.29) is 41.4 Å². The van der Waals surface area contributed by atoms with Crippen molar-refractivity contribution < 1.29 is 23.9 Å². The SMILES string of the molecule is COc1ccc(OC)c(NC(=O)c2cccc(N3C(=O)[C@H]4[C@H](C3=O)[C@H]3C=C[C@H]4C3)c2)c1. The fourth-order valence-electron chi connectivity index (χ4n) is 5.05. The zero-order chi connectivity index (χ0) is 21.7. The third-order valence-corrected chi connectivity index (χ3v) is 6.49. The lowest BCUT2D eigenvalue weighted by atomic mass is 9.85. The number of hydrogen-bond donors (Lipinski definition) is 1. The summed E-state index contributed by atoms with van der Waals surface area (Å²) in [5.41, 5.74) is 1.22. The van der Waals surface area contributed by atoms with E-state index in [1.807, 2.05) is 0 Å². The van der Waals surface area contributed by atoms with Gasteiger partial charge in [-0.15, -0.1) is 0 Å². The smallest absolute Gasteiger partial charge is 0.255 e. The molecule has 1 N–H and O–H groups in total. The number of carbonyl (C=O) groups excluding carboxylic acids is 3. The number of fused-ring (bicyclic) bond motifs is 5. The van der Waals surface area contributed by atoms with E-state index in [1.165, 1.54) is 19.1 Å². The van der Waals surface area contributed by atoms with Crippen LogP contribution >= 0.6 is 0 Å². The lowest BCUT2D eigenvalue weighted by Gasteiger charge is -2.18. The molecule has 1 saturated carbocycles. The number of anilines is 2. The first-order valence-corrected chi connectivity index (χ1v) is 10.2. The van der Waals surface area contributed by atoms with Crippen LogP contribution in [0.15, 0.2) is 54.6 Å². The quantitative estimate of drug-likeness (QED) is 0.595. The molecule has 7 nitrogen and oxygen atoms in total. The van der Waals surface area contributed by atoms with Crippen LogP contribution in [0.1, 0.15) is 16.8 Å². The highest BCUT2D eigenvalue weighted by Crippen LogP contribution is 2.53. The Balaban J connectivity index is 1.41. The molecule has 158 valence electrons. The molecule has 7 heteroatoms. The molecule has 5 rings (SSSR count). The molecule has 0 spiro atoms. The number of benzene rings is 2. The Bertz CT molecular complexity index is 1090. The van der Waals surface area contributed by atoms with Gasteiger partial charge in [-0.2, -0.15) is 0 Å². The maximum Gasteiger partial charge on any atom is 0.255 e. The van der Waals surface area contributed by atoms with Gasteiger partial charge in [-0.05, 0) is 48.6 Å². The summed E-state index contributed by atoms with van der Waals surface area (Å²) in [6.45, 7) is 0. The van der Waals surface area contributed by atoms with Gasteiger partial charge in [0.05, 0.1) is 37.4 Å². The summed E-state index contributed by atoms with van der Waals surface area (Å²) < 4.78 is 10.5. The highest BCUT2D eigenvalue weighted by atomic mass is 16.5. The molecular weight excluding hydrogens is 396 g/mol. The number of rotatable bonds is 5. The van der Waals surface area contributed by atoms with Crippen LogP contribution in [-0.2, 0) is 9.59 Å². The number of hydrogen-bond acceptors (Lipinski definition) is 5. The summed E-state index contributed by atoms with van der Waals surface area (Å²) in [5.74, 6) is 0.0834. The van der Waals surface area contributed by atoms with Crippen LogP contribution in [-0.4, -0.2) is 31.9 Å². The maximum atomic E-state index is 13.1. The fourth-order valence-corrected chi connectivity index (χ4v) is 5.05. The molecule has 0 aromatic heterocycles. The Labute approximate surface area is 179 Å². The summed E-state index contributed by atoms with van der Waals surface area (Å²) in [7, 11) is 3.06. The number of carbonyl (C=O) groups is 3. The molecule has 3 aliphatic rings. The number of methoxy groups -OCH3 is 2. The van der Waals surface area contributed by atoms with Crippen LogP contribution in [0.2, 0.25) is 0 Å². The average Bonchev–Trinajstić information content (AvgIpc) is 3.47. The van der Waals surface area contributed by atoms with Gasteiger partial charge in [-0.25, -0.2) is 4.90 Å². The molecule has 0 unspecified atom stereocenters. The van der Waals surface area contributed by atoms with Crippen LogP contribution in [0.5, 0.6) is 11.5 Å². The Kier molecular flexibility index (Phi) is 4.54. The molecule has 2 bridgehead atoms. The highest BCUT2D eigenvalue weighted by Gasteiger charge is 2.59. The Morgan fingerprint density at radius 2 is 1.68 bits per heavy atom. The minimum absolute atomic E-state index is 0.142. The Morgan fingerprint density at radius 3 is 2.32 bits per heavy atom. The van der Waals surface area contributed by atoms with Crippen molar-refractivity contribution in [3.8, 4) is 11.5 Å². The fraction of sp³-hybridized carbons (Fsp3) is 0.292. The van der Waals surface area contributed by atoms with Gasteiger partial charge in [0.1, 0.15) is 11.5 Å². The van der Waals surface area contributed by atoms with E-state index >= 15 is 0 Å². The van der Waals surface area contributed by atoms with Crippen molar-refractivity contribution in [1.82, 2.24) is 0 Å². The minimum Gasteiger partial charge on any atom is -0.497 e. The molecule has 1 heterocycles. The molecule has 2 aliphatic carbocycles. The van der Waals surface area contributed by atoms with Gasteiger partial charge in [-0.1, -0.05) is 18.2 Å². The average molecular weight is 418 g/mol. The molecule has 1 aliphatic heterocycles. The van der Waals surface area contributed by atoms with E-state index in [0.717, 1.165) is 6.42 Å². The largest absolute Gasteiger partial charge is 0.497 e. The van der Waals surface area contributed by atoms with Gasteiger partial charge in [-0.3, -0.25) is 14.4 Å². The van der Waals surface area contributed by atoms with Crippen LogP contribution in [0.25, 0.3) is 0 Å².